The highest BCUT2D eigenvalue weighted by Gasteiger charge is 2.26. The standard InChI is InChI=1S/C54H50N4O4/c1-55(35-17-25-39(59-5)26-18-35)51-43-13-9-10-14-44(43)52(56(2)36-19-27-40(60-6)28-20-36)48-34-50-49(33-47(48)51)53(57(3)37-21-29-41(61-7)30-22-37)45-15-11-12-16-46(45)54(50)58(4)38-23-31-42(62-8)32-24-38/h9-34H,1-8H3. The maximum Gasteiger partial charge on any atom is 0.119 e. The molecule has 0 aliphatic rings. The largest absolute Gasteiger partial charge is 0.497 e. The van der Waals surface area contributed by atoms with E-state index in [1.54, 1.807) is 28.4 Å². The predicted molar refractivity (Wildman–Crippen MR) is 261 cm³/mol. The summed E-state index contributed by atoms with van der Waals surface area (Å²) in [5.74, 6) is 3.24. The van der Waals surface area contributed by atoms with E-state index >= 15 is 0 Å². The number of rotatable bonds is 12. The summed E-state index contributed by atoms with van der Waals surface area (Å²) in [6.45, 7) is 0. The number of ether oxygens (including phenoxy) is 4. The highest BCUT2D eigenvalue weighted by Crippen LogP contribution is 2.52. The van der Waals surface area contributed by atoms with E-state index in [2.05, 4.69) is 157 Å². The SMILES string of the molecule is COc1ccc(N(C)c2c3ccccc3c(N(C)c3ccc(OC)cc3)c3cc4c(N(C)c5ccc(OC)cc5)c5ccccc5c(N(C)c5ccc(OC)cc5)c4cc23)cc1. The first-order valence-electron chi connectivity index (χ1n) is 20.6. The van der Waals surface area contributed by atoms with Gasteiger partial charge in [-0.3, -0.25) is 0 Å². The summed E-state index contributed by atoms with van der Waals surface area (Å²) in [5, 5.41) is 8.99. The van der Waals surface area contributed by atoms with Crippen LogP contribution in [0.5, 0.6) is 23.0 Å². The van der Waals surface area contributed by atoms with Crippen molar-refractivity contribution in [1.82, 2.24) is 0 Å². The number of benzene rings is 9. The van der Waals surface area contributed by atoms with Crippen molar-refractivity contribution in [3.8, 4) is 23.0 Å². The third kappa shape index (κ3) is 6.83. The lowest BCUT2D eigenvalue weighted by atomic mass is 9.90. The van der Waals surface area contributed by atoms with Crippen molar-refractivity contribution in [3.63, 3.8) is 0 Å². The molecule has 0 unspecified atom stereocenters. The highest BCUT2D eigenvalue weighted by atomic mass is 16.5. The fraction of sp³-hybridized carbons (Fsp3) is 0.148. The molecule has 0 aliphatic heterocycles. The van der Waals surface area contributed by atoms with Gasteiger partial charge in [-0.2, -0.15) is 0 Å². The fourth-order valence-electron chi connectivity index (χ4n) is 8.94. The highest BCUT2D eigenvalue weighted by molar-refractivity contribution is 6.29. The molecule has 9 aromatic rings. The summed E-state index contributed by atoms with van der Waals surface area (Å²) >= 11 is 0. The fourth-order valence-corrected chi connectivity index (χ4v) is 8.94. The Labute approximate surface area is 363 Å². The molecule has 0 amide bonds. The molecule has 0 saturated carbocycles. The van der Waals surface area contributed by atoms with E-state index in [0.717, 1.165) is 112 Å². The lowest BCUT2D eigenvalue weighted by molar-refractivity contribution is 0.414. The van der Waals surface area contributed by atoms with Gasteiger partial charge in [-0.25, -0.2) is 0 Å². The monoisotopic (exact) mass is 818 g/mol. The summed E-state index contributed by atoms with van der Waals surface area (Å²) in [4.78, 5) is 9.24. The first kappa shape index (κ1) is 39.9. The predicted octanol–water partition coefficient (Wildman–Crippen LogP) is 13.4. The summed E-state index contributed by atoms with van der Waals surface area (Å²) < 4.78 is 22.3. The van der Waals surface area contributed by atoms with E-state index < -0.39 is 0 Å². The second kappa shape index (κ2) is 16.5. The second-order valence-corrected chi connectivity index (χ2v) is 15.5. The number of fused-ring (bicyclic) bond motifs is 4. The Morgan fingerprint density at radius 2 is 0.452 bits per heavy atom. The molecular formula is C54H50N4O4. The topological polar surface area (TPSA) is 49.9 Å². The molecule has 9 aromatic carbocycles. The molecule has 9 rings (SSSR count). The van der Waals surface area contributed by atoms with Crippen molar-refractivity contribution in [2.24, 2.45) is 0 Å². The Morgan fingerprint density at radius 1 is 0.258 bits per heavy atom. The molecule has 0 N–H and O–H groups in total. The molecular weight excluding hydrogens is 769 g/mol. The van der Waals surface area contributed by atoms with Gasteiger partial charge < -0.3 is 38.5 Å². The second-order valence-electron chi connectivity index (χ2n) is 15.5. The zero-order valence-electron chi connectivity index (χ0n) is 36.4. The van der Waals surface area contributed by atoms with Gasteiger partial charge in [0.25, 0.3) is 0 Å². The minimum absolute atomic E-state index is 0.811. The van der Waals surface area contributed by atoms with E-state index in [-0.39, 0.29) is 0 Å². The lowest BCUT2D eigenvalue weighted by Gasteiger charge is -2.32. The third-order valence-electron chi connectivity index (χ3n) is 12.2. The maximum atomic E-state index is 5.58. The molecule has 0 aliphatic carbocycles. The average Bonchev–Trinajstić information content (AvgIpc) is 3.33. The van der Waals surface area contributed by atoms with E-state index in [1.807, 2.05) is 48.5 Å². The molecule has 0 radical (unpaired) electrons. The van der Waals surface area contributed by atoms with Crippen LogP contribution in [0.15, 0.2) is 158 Å². The van der Waals surface area contributed by atoms with Crippen LogP contribution in [0.4, 0.5) is 45.5 Å². The van der Waals surface area contributed by atoms with Crippen molar-refractivity contribution in [1.29, 1.82) is 0 Å². The third-order valence-corrected chi connectivity index (χ3v) is 12.2. The van der Waals surface area contributed by atoms with Crippen LogP contribution in [0.2, 0.25) is 0 Å². The average molecular weight is 819 g/mol. The molecule has 0 spiro atoms. The van der Waals surface area contributed by atoms with Gasteiger partial charge in [0.2, 0.25) is 0 Å². The van der Waals surface area contributed by atoms with Crippen molar-refractivity contribution in [3.05, 3.63) is 158 Å². The molecule has 0 heterocycles. The molecule has 0 atom stereocenters. The quantitative estimate of drug-likeness (QED) is 0.0892. The van der Waals surface area contributed by atoms with Crippen molar-refractivity contribution >= 4 is 88.6 Å². The van der Waals surface area contributed by atoms with Crippen molar-refractivity contribution < 1.29 is 18.9 Å². The number of hydrogen-bond acceptors (Lipinski definition) is 8. The lowest BCUT2D eigenvalue weighted by Crippen LogP contribution is -2.16. The van der Waals surface area contributed by atoms with Crippen LogP contribution < -0.4 is 38.5 Å². The van der Waals surface area contributed by atoms with E-state index in [4.69, 9.17) is 18.9 Å². The summed E-state index contributed by atoms with van der Waals surface area (Å²) in [6, 6.07) is 55.5. The number of hydrogen-bond donors (Lipinski definition) is 0. The summed E-state index contributed by atoms with van der Waals surface area (Å²) in [7, 11) is 15.4. The first-order chi connectivity index (χ1) is 30.2. The molecule has 0 saturated heterocycles. The molecule has 0 aromatic heterocycles. The van der Waals surface area contributed by atoms with E-state index in [0.29, 0.717) is 0 Å². The van der Waals surface area contributed by atoms with Crippen LogP contribution in [0.25, 0.3) is 43.1 Å². The number of anilines is 8. The van der Waals surface area contributed by atoms with Gasteiger partial charge in [-0.15, -0.1) is 0 Å². The Hall–Kier alpha value is -7.58. The summed E-state index contributed by atoms with van der Waals surface area (Å²) in [6.07, 6.45) is 0. The van der Waals surface area contributed by atoms with Crippen LogP contribution in [-0.4, -0.2) is 56.6 Å². The molecule has 0 bridgehead atoms. The summed E-state index contributed by atoms with van der Waals surface area (Å²) in [5.41, 5.74) is 8.59. The van der Waals surface area contributed by atoms with Crippen molar-refractivity contribution in [2.45, 2.75) is 0 Å². The Kier molecular flexibility index (Phi) is 10.6. The maximum absolute atomic E-state index is 5.58. The minimum Gasteiger partial charge on any atom is -0.497 e. The smallest absolute Gasteiger partial charge is 0.119 e. The molecule has 62 heavy (non-hydrogen) atoms. The van der Waals surface area contributed by atoms with Gasteiger partial charge in [0.1, 0.15) is 23.0 Å². The van der Waals surface area contributed by atoms with Gasteiger partial charge in [0, 0.05) is 94.0 Å². The van der Waals surface area contributed by atoms with E-state index in [9.17, 15) is 0 Å². The van der Waals surface area contributed by atoms with Gasteiger partial charge in [-0.1, -0.05) is 48.5 Å². The van der Waals surface area contributed by atoms with Crippen LogP contribution >= 0.6 is 0 Å². The molecule has 8 heteroatoms. The van der Waals surface area contributed by atoms with Gasteiger partial charge >= 0.3 is 0 Å². The zero-order valence-corrected chi connectivity index (χ0v) is 36.4. The Balaban J connectivity index is 1.45. The Bertz CT molecular complexity index is 2650. The zero-order chi connectivity index (χ0) is 43.1. The molecule has 0 fully saturated rings. The number of methoxy groups -OCH3 is 4. The number of nitrogens with zero attached hydrogens (tertiary/aromatic N) is 4. The van der Waals surface area contributed by atoms with Gasteiger partial charge in [-0.05, 0) is 109 Å². The van der Waals surface area contributed by atoms with Crippen LogP contribution in [0.1, 0.15) is 0 Å². The molecule has 310 valence electrons. The van der Waals surface area contributed by atoms with Gasteiger partial charge in [0.15, 0.2) is 0 Å². The Morgan fingerprint density at radius 3 is 0.629 bits per heavy atom. The van der Waals surface area contributed by atoms with Crippen LogP contribution in [0, 0.1) is 0 Å². The van der Waals surface area contributed by atoms with Crippen LogP contribution in [0.3, 0.4) is 0 Å². The van der Waals surface area contributed by atoms with E-state index in [1.165, 1.54) is 0 Å². The van der Waals surface area contributed by atoms with Gasteiger partial charge in [0.05, 0.1) is 51.2 Å². The normalized spacial score (nSPS) is 11.2. The first-order valence-corrected chi connectivity index (χ1v) is 20.6. The van der Waals surface area contributed by atoms with Crippen LogP contribution in [-0.2, 0) is 0 Å². The molecule has 8 nitrogen and oxygen atoms in total. The van der Waals surface area contributed by atoms with Crippen molar-refractivity contribution in [2.75, 3.05) is 76.2 Å². The minimum atomic E-state index is 0.811.